The Kier molecular flexibility index (Phi) is 7.82. The van der Waals surface area contributed by atoms with Crippen molar-refractivity contribution in [2.75, 3.05) is 6.54 Å². The fourth-order valence-corrected chi connectivity index (χ4v) is 2.70. The molecule has 1 rings (SSSR count). The third kappa shape index (κ3) is 7.52. The lowest BCUT2D eigenvalue weighted by Crippen LogP contribution is -2.42. The van der Waals surface area contributed by atoms with Crippen molar-refractivity contribution in [1.29, 1.82) is 0 Å². The molecule has 0 saturated carbocycles. The molecule has 1 aromatic carbocycles. The predicted molar refractivity (Wildman–Crippen MR) is 91.2 cm³/mol. The molecule has 2 amide bonds. The average Bonchev–Trinajstić information content (AvgIpc) is 2.43. The molecule has 0 aliphatic carbocycles. The zero-order valence-corrected chi connectivity index (χ0v) is 14.9. The molecule has 0 heterocycles. The Labute approximate surface area is 138 Å². The van der Waals surface area contributed by atoms with Gasteiger partial charge in [0.1, 0.15) is 0 Å². The molecule has 0 spiro atoms. The zero-order valence-electron chi connectivity index (χ0n) is 12.5. The first kappa shape index (κ1) is 18.0. The van der Waals surface area contributed by atoms with Crippen molar-refractivity contribution in [3.63, 3.8) is 0 Å². The number of rotatable bonds is 7. The molecule has 21 heavy (non-hydrogen) atoms. The van der Waals surface area contributed by atoms with Gasteiger partial charge in [-0.15, -0.1) is 11.8 Å². The second kappa shape index (κ2) is 9.10. The van der Waals surface area contributed by atoms with Gasteiger partial charge < -0.3 is 10.6 Å². The SMILES string of the molecule is CC(C)NC(=O)CNC(=O)[C@H](C)SCc1ccc(Br)cc1. The minimum Gasteiger partial charge on any atom is -0.352 e. The van der Waals surface area contributed by atoms with Gasteiger partial charge >= 0.3 is 0 Å². The van der Waals surface area contributed by atoms with Crippen LogP contribution in [-0.2, 0) is 15.3 Å². The zero-order chi connectivity index (χ0) is 15.8. The molecule has 1 atom stereocenters. The van der Waals surface area contributed by atoms with Crippen LogP contribution in [0.1, 0.15) is 26.3 Å². The maximum atomic E-state index is 11.9. The second-order valence-corrected chi connectivity index (χ2v) is 7.26. The average molecular weight is 373 g/mol. The Hall–Kier alpha value is -1.01. The molecule has 0 bridgehead atoms. The summed E-state index contributed by atoms with van der Waals surface area (Å²) in [5, 5.41) is 5.19. The highest BCUT2D eigenvalue weighted by Gasteiger charge is 2.14. The topological polar surface area (TPSA) is 58.2 Å². The summed E-state index contributed by atoms with van der Waals surface area (Å²) in [7, 11) is 0. The van der Waals surface area contributed by atoms with E-state index in [1.165, 1.54) is 5.56 Å². The fraction of sp³-hybridized carbons (Fsp3) is 0.467. The molecule has 6 heteroatoms. The summed E-state index contributed by atoms with van der Waals surface area (Å²) < 4.78 is 1.04. The molecule has 116 valence electrons. The van der Waals surface area contributed by atoms with Crippen molar-refractivity contribution in [1.82, 2.24) is 10.6 Å². The van der Waals surface area contributed by atoms with Crippen LogP contribution >= 0.6 is 27.7 Å². The van der Waals surface area contributed by atoms with Crippen LogP contribution in [0.5, 0.6) is 0 Å². The molecule has 2 N–H and O–H groups in total. The molecule has 0 saturated heterocycles. The van der Waals surface area contributed by atoms with Crippen LogP contribution in [0, 0.1) is 0 Å². The first-order valence-electron chi connectivity index (χ1n) is 6.81. The molecule has 4 nitrogen and oxygen atoms in total. The first-order valence-corrected chi connectivity index (χ1v) is 8.65. The monoisotopic (exact) mass is 372 g/mol. The summed E-state index contributed by atoms with van der Waals surface area (Å²) in [6.07, 6.45) is 0. The summed E-state index contributed by atoms with van der Waals surface area (Å²) in [4.78, 5) is 23.3. The van der Waals surface area contributed by atoms with Gasteiger partial charge in [-0.1, -0.05) is 28.1 Å². The highest BCUT2D eigenvalue weighted by atomic mass is 79.9. The van der Waals surface area contributed by atoms with Gasteiger partial charge in [0.25, 0.3) is 0 Å². The number of hydrogen-bond acceptors (Lipinski definition) is 3. The Bertz CT molecular complexity index is 477. The molecule has 0 fully saturated rings. The Morgan fingerprint density at radius 3 is 2.38 bits per heavy atom. The quantitative estimate of drug-likeness (QED) is 0.773. The van der Waals surface area contributed by atoms with E-state index >= 15 is 0 Å². The van der Waals surface area contributed by atoms with Gasteiger partial charge in [0.2, 0.25) is 11.8 Å². The van der Waals surface area contributed by atoms with Gasteiger partial charge in [0.15, 0.2) is 0 Å². The second-order valence-electron chi connectivity index (χ2n) is 5.02. The van der Waals surface area contributed by atoms with E-state index < -0.39 is 0 Å². The predicted octanol–water partition coefficient (Wildman–Crippen LogP) is 2.71. The fourth-order valence-electron chi connectivity index (χ4n) is 1.56. The molecular weight excluding hydrogens is 352 g/mol. The lowest BCUT2D eigenvalue weighted by atomic mass is 10.2. The molecule has 0 aliphatic heterocycles. The lowest BCUT2D eigenvalue weighted by Gasteiger charge is -2.13. The van der Waals surface area contributed by atoms with Crippen LogP contribution in [-0.4, -0.2) is 29.7 Å². The van der Waals surface area contributed by atoms with E-state index in [1.54, 1.807) is 11.8 Å². The Morgan fingerprint density at radius 2 is 1.81 bits per heavy atom. The number of hydrogen-bond donors (Lipinski definition) is 2. The summed E-state index contributed by atoms with van der Waals surface area (Å²) in [6.45, 7) is 5.65. The van der Waals surface area contributed by atoms with Gasteiger partial charge in [-0.25, -0.2) is 0 Å². The standard InChI is InChI=1S/C15H21BrN2O2S/c1-10(2)18-14(19)8-17-15(20)11(3)21-9-12-4-6-13(16)7-5-12/h4-7,10-11H,8-9H2,1-3H3,(H,17,20)(H,18,19)/t11-/m0/s1. The highest BCUT2D eigenvalue weighted by Crippen LogP contribution is 2.19. The van der Waals surface area contributed by atoms with E-state index in [-0.39, 0.29) is 29.7 Å². The van der Waals surface area contributed by atoms with Crippen LogP contribution in [0.4, 0.5) is 0 Å². The molecule has 0 radical (unpaired) electrons. The van der Waals surface area contributed by atoms with E-state index in [0.29, 0.717) is 0 Å². The number of halogens is 1. The lowest BCUT2D eigenvalue weighted by molar-refractivity contribution is -0.125. The normalized spacial score (nSPS) is 12.0. The molecule has 0 unspecified atom stereocenters. The largest absolute Gasteiger partial charge is 0.352 e. The smallest absolute Gasteiger partial charge is 0.239 e. The molecular formula is C15H21BrN2O2S. The number of thioether (sulfide) groups is 1. The Morgan fingerprint density at radius 1 is 1.19 bits per heavy atom. The van der Waals surface area contributed by atoms with Crippen LogP contribution in [0.15, 0.2) is 28.7 Å². The third-order valence-electron chi connectivity index (χ3n) is 2.66. The molecule has 0 aromatic heterocycles. The summed E-state index contributed by atoms with van der Waals surface area (Å²) in [5.41, 5.74) is 1.17. The van der Waals surface area contributed by atoms with Crippen LogP contribution in [0.3, 0.4) is 0 Å². The van der Waals surface area contributed by atoms with Gasteiger partial charge in [-0.05, 0) is 38.5 Å². The minimum atomic E-state index is -0.194. The van der Waals surface area contributed by atoms with Gasteiger partial charge in [0.05, 0.1) is 11.8 Å². The van der Waals surface area contributed by atoms with E-state index in [2.05, 4.69) is 26.6 Å². The van der Waals surface area contributed by atoms with Gasteiger partial charge in [0, 0.05) is 16.3 Å². The van der Waals surface area contributed by atoms with E-state index in [1.807, 2.05) is 45.0 Å². The van der Waals surface area contributed by atoms with Crippen molar-refractivity contribution in [2.45, 2.75) is 37.8 Å². The van der Waals surface area contributed by atoms with E-state index in [4.69, 9.17) is 0 Å². The first-order chi connectivity index (χ1) is 9.88. The van der Waals surface area contributed by atoms with Gasteiger partial charge in [-0.3, -0.25) is 9.59 Å². The van der Waals surface area contributed by atoms with E-state index in [0.717, 1.165) is 10.2 Å². The van der Waals surface area contributed by atoms with Crippen LogP contribution in [0.25, 0.3) is 0 Å². The number of carbonyl (C=O) groups is 2. The number of carbonyl (C=O) groups excluding carboxylic acids is 2. The third-order valence-corrected chi connectivity index (χ3v) is 4.40. The number of nitrogens with one attached hydrogen (secondary N) is 2. The highest BCUT2D eigenvalue weighted by molar-refractivity contribution is 9.10. The molecule has 0 aliphatic rings. The van der Waals surface area contributed by atoms with Crippen molar-refractivity contribution >= 4 is 39.5 Å². The minimum absolute atomic E-state index is 0.0280. The summed E-state index contributed by atoms with van der Waals surface area (Å²) in [5.74, 6) is 0.486. The van der Waals surface area contributed by atoms with Crippen LogP contribution in [0.2, 0.25) is 0 Å². The summed E-state index contributed by atoms with van der Waals surface area (Å²) >= 11 is 4.94. The maximum Gasteiger partial charge on any atom is 0.239 e. The van der Waals surface area contributed by atoms with Crippen molar-refractivity contribution in [3.05, 3.63) is 34.3 Å². The summed E-state index contributed by atoms with van der Waals surface area (Å²) in [6, 6.07) is 8.10. The number of amides is 2. The van der Waals surface area contributed by atoms with Crippen LogP contribution < -0.4 is 10.6 Å². The van der Waals surface area contributed by atoms with Crippen molar-refractivity contribution in [2.24, 2.45) is 0 Å². The number of benzene rings is 1. The van der Waals surface area contributed by atoms with E-state index in [9.17, 15) is 9.59 Å². The van der Waals surface area contributed by atoms with Gasteiger partial charge in [-0.2, -0.15) is 0 Å². The van der Waals surface area contributed by atoms with Crippen molar-refractivity contribution < 1.29 is 9.59 Å². The van der Waals surface area contributed by atoms with Crippen molar-refractivity contribution in [3.8, 4) is 0 Å². The molecule has 1 aromatic rings. The maximum absolute atomic E-state index is 11.9. The Balaban J connectivity index is 2.31.